The van der Waals surface area contributed by atoms with Crippen LogP contribution in [-0.4, -0.2) is 46.5 Å². The molecule has 1 aliphatic rings. The molecule has 1 amide bonds. The Morgan fingerprint density at radius 1 is 1.33 bits per heavy atom. The largest absolute Gasteiger partial charge is 0.480 e. The second-order valence-corrected chi connectivity index (χ2v) is 6.21. The third kappa shape index (κ3) is 4.60. The predicted octanol–water partition coefficient (Wildman–Crippen LogP) is 1.94. The quantitative estimate of drug-likeness (QED) is 0.777. The van der Waals surface area contributed by atoms with Gasteiger partial charge in [-0.3, -0.25) is 4.79 Å². The normalized spacial score (nSPS) is 17.3. The van der Waals surface area contributed by atoms with E-state index in [9.17, 15) is 27.9 Å². The average molecular weight is 364 g/mol. The number of aliphatic carboxylic acids is 1. The highest BCUT2D eigenvalue weighted by molar-refractivity contribution is 7.99. The topological polar surface area (TPSA) is 88.5 Å². The molecule has 6 nitrogen and oxygen atoms in total. The number of thioether (sulfide) groups is 1. The van der Waals surface area contributed by atoms with Crippen LogP contribution in [0.2, 0.25) is 0 Å². The van der Waals surface area contributed by atoms with Gasteiger partial charge in [0, 0.05) is 32.3 Å². The molecule has 0 atom stereocenters. The lowest BCUT2D eigenvalue weighted by atomic mass is 9.90. The van der Waals surface area contributed by atoms with Crippen LogP contribution in [0.25, 0.3) is 0 Å². The number of carboxylic acid groups (broad SMARTS) is 1. The van der Waals surface area contributed by atoms with E-state index in [0.717, 1.165) is 17.8 Å². The Morgan fingerprint density at radius 3 is 2.50 bits per heavy atom. The van der Waals surface area contributed by atoms with Crippen molar-refractivity contribution in [3.63, 3.8) is 0 Å². The first-order chi connectivity index (χ1) is 11.2. The van der Waals surface area contributed by atoms with Crippen LogP contribution in [0.15, 0.2) is 23.4 Å². The summed E-state index contributed by atoms with van der Waals surface area (Å²) in [4.78, 5) is 27.0. The summed E-state index contributed by atoms with van der Waals surface area (Å²) < 4.78 is 42.4. The van der Waals surface area contributed by atoms with Gasteiger partial charge in [0.25, 0.3) is 0 Å². The van der Waals surface area contributed by atoms with Gasteiger partial charge in [0.1, 0.15) is 5.54 Å². The third-order valence-electron chi connectivity index (χ3n) is 3.55. The maximum atomic E-state index is 12.4. The monoisotopic (exact) mass is 364 g/mol. The van der Waals surface area contributed by atoms with Crippen LogP contribution < -0.4 is 5.32 Å². The fraction of sp³-hybridized carbons (Fsp3) is 0.500. The smallest absolute Gasteiger partial charge is 0.417 e. The molecule has 132 valence electrons. The molecule has 0 spiro atoms. The van der Waals surface area contributed by atoms with Crippen LogP contribution in [0.4, 0.5) is 13.2 Å². The first-order valence-corrected chi connectivity index (χ1v) is 8.00. The molecule has 0 aromatic carbocycles. The highest BCUT2D eigenvalue weighted by atomic mass is 32.2. The number of carbonyl (C=O) groups is 2. The summed E-state index contributed by atoms with van der Waals surface area (Å²) in [6, 6.07) is 2.05. The van der Waals surface area contributed by atoms with Gasteiger partial charge in [0.05, 0.1) is 16.3 Å². The predicted molar refractivity (Wildman–Crippen MR) is 78.5 cm³/mol. The molecule has 2 N–H and O–H groups in total. The van der Waals surface area contributed by atoms with Crippen LogP contribution in [0.3, 0.4) is 0 Å². The number of carboxylic acids is 1. The molecule has 1 fully saturated rings. The molecular formula is C14H15F3N2O4S. The lowest BCUT2D eigenvalue weighted by molar-refractivity contribution is -0.151. The Kier molecular flexibility index (Phi) is 5.70. The summed E-state index contributed by atoms with van der Waals surface area (Å²) in [5.74, 6) is -1.79. The number of halogens is 3. The number of amides is 1. The molecule has 2 rings (SSSR count). The zero-order chi connectivity index (χ0) is 17.8. The first kappa shape index (κ1) is 18.5. The van der Waals surface area contributed by atoms with Crippen molar-refractivity contribution in [2.75, 3.05) is 19.0 Å². The maximum absolute atomic E-state index is 12.4. The summed E-state index contributed by atoms with van der Waals surface area (Å²) in [7, 11) is 0. The van der Waals surface area contributed by atoms with Crippen molar-refractivity contribution >= 4 is 23.6 Å². The van der Waals surface area contributed by atoms with E-state index >= 15 is 0 Å². The summed E-state index contributed by atoms with van der Waals surface area (Å²) in [5, 5.41) is 12.1. The average Bonchev–Trinajstić information content (AvgIpc) is 2.53. The number of nitrogens with zero attached hydrogens (tertiary/aromatic N) is 1. The van der Waals surface area contributed by atoms with E-state index in [-0.39, 0.29) is 36.8 Å². The van der Waals surface area contributed by atoms with Gasteiger partial charge in [-0.15, -0.1) is 0 Å². The van der Waals surface area contributed by atoms with Crippen molar-refractivity contribution in [2.45, 2.75) is 29.6 Å². The number of alkyl halides is 3. The standard InChI is InChI=1S/C14H15F3N2O4S/c15-14(16,17)9-1-2-11(18-7-9)24-8-10(20)19-13(12(21)22)3-5-23-6-4-13/h1-2,7H,3-6,8H2,(H,19,20)(H,21,22). The molecule has 0 unspecified atom stereocenters. The lowest BCUT2D eigenvalue weighted by Gasteiger charge is -2.33. The molecule has 0 saturated carbocycles. The number of hydrogen-bond donors (Lipinski definition) is 2. The Morgan fingerprint density at radius 2 is 2.00 bits per heavy atom. The highest BCUT2D eigenvalue weighted by Gasteiger charge is 2.41. The van der Waals surface area contributed by atoms with Gasteiger partial charge in [0.2, 0.25) is 5.91 Å². The summed E-state index contributed by atoms with van der Waals surface area (Å²) in [6.07, 6.45) is -3.45. The number of hydrogen-bond acceptors (Lipinski definition) is 5. The van der Waals surface area contributed by atoms with Crippen LogP contribution in [-0.2, 0) is 20.5 Å². The van der Waals surface area contributed by atoms with Crippen molar-refractivity contribution in [1.82, 2.24) is 10.3 Å². The number of pyridine rings is 1. The van der Waals surface area contributed by atoms with Gasteiger partial charge in [-0.1, -0.05) is 11.8 Å². The van der Waals surface area contributed by atoms with E-state index in [2.05, 4.69) is 10.3 Å². The molecule has 24 heavy (non-hydrogen) atoms. The number of ether oxygens (including phenoxy) is 1. The Balaban J connectivity index is 1.91. The van der Waals surface area contributed by atoms with Crippen molar-refractivity contribution in [2.24, 2.45) is 0 Å². The molecule has 1 aromatic rings. The SMILES string of the molecule is O=C(CSc1ccc(C(F)(F)F)cn1)NC1(C(=O)O)CCOCC1. The van der Waals surface area contributed by atoms with Gasteiger partial charge in [-0.05, 0) is 12.1 Å². The van der Waals surface area contributed by atoms with E-state index in [1.807, 2.05) is 0 Å². The third-order valence-corrected chi connectivity index (χ3v) is 4.49. The van der Waals surface area contributed by atoms with Gasteiger partial charge in [-0.2, -0.15) is 13.2 Å². The van der Waals surface area contributed by atoms with Crippen LogP contribution >= 0.6 is 11.8 Å². The minimum Gasteiger partial charge on any atom is -0.480 e. The van der Waals surface area contributed by atoms with Crippen molar-refractivity contribution in [3.05, 3.63) is 23.9 Å². The fourth-order valence-corrected chi connectivity index (χ4v) is 2.83. The van der Waals surface area contributed by atoms with Crippen molar-refractivity contribution in [3.8, 4) is 0 Å². The number of carbonyl (C=O) groups excluding carboxylic acids is 1. The maximum Gasteiger partial charge on any atom is 0.417 e. The second kappa shape index (κ2) is 7.39. The molecule has 10 heteroatoms. The fourth-order valence-electron chi connectivity index (χ4n) is 2.19. The van der Waals surface area contributed by atoms with E-state index in [1.54, 1.807) is 0 Å². The summed E-state index contributed by atoms with van der Waals surface area (Å²) in [6.45, 7) is 0.473. The minimum atomic E-state index is -4.47. The molecule has 1 aromatic heterocycles. The number of rotatable bonds is 5. The molecule has 0 radical (unpaired) electrons. The lowest BCUT2D eigenvalue weighted by Crippen LogP contribution is -2.57. The van der Waals surface area contributed by atoms with Gasteiger partial charge in [0.15, 0.2) is 0 Å². The first-order valence-electron chi connectivity index (χ1n) is 7.01. The van der Waals surface area contributed by atoms with E-state index < -0.39 is 29.2 Å². The summed E-state index contributed by atoms with van der Waals surface area (Å²) in [5.41, 5.74) is -2.23. The molecule has 2 heterocycles. The number of nitrogens with one attached hydrogen (secondary N) is 1. The molecular weight excluding hydrogens is 349 g/mol. The van der Waals surface area contributed by atoms with Crippen LogP contribution in [0.1, 0.15) is 18.4 Å². The molecule has 1 aliphatic heterocycles. The molecule has 0 bridgehead atoms. The number of aromatic nitrogens is 1. The van der Waals surface area contributed by atoms with Crippen molar-refractivity contribution < 1.29 is 32.6 Å². The molecule has 0 aliphatic carbocycles. The molecule has 1 saturated heterocycles. The minimum absolute atomic E-state index is 0.145. The zero-order valence-corrected chi connectivity index (χ0v) is 13.2. The summed E-state index contributed by atoms with van der Waals surface area (Å²) >= 11 is 0.932. The van der Waals surface area contributed by atoms with Crippen LogP contribution in [0, 0.1) is 0 Å². The second-order valence-electron chi connectivity index (χ2n) is 5.22. The Hall–Kier alpha value is -1.81. The van der Waals surface area contributed by atoms with Gasteiger partial charge < -0.3 is 15.2 Å². The Bertz CT molecular complexity index is 601. The Labute approximate surface area is 139 Å². The van der Waals surface area contributed by atoms with Crippen LogP contribution in [0.5, 0.6) is 0 Å². The highest BCUT2D eigenvalue weighted by Crippen LogP contribution is 2.29. The zero-order valence-electron chi connectivity index (χ0n) is 12.4. The van der Waals surface area contributed by atoms with E-state index in [1.165, 1.54) is 6.07 Å². The van der Waals surface area contributed by atoms with Gasteiger partial charge >= 0.3 is 12.1 Å². The van der Waals surface area contributed by atoms with E-state index in [4.69, 9.17) is 4.74 Å². The van der Waals surface area contributed by atoms with Gasteiger partial charge in [-0.25, -0.2) is 9.78 Å². The van der Waals surface area contributed by atoms with Crippen molar-refractivity contribution in [1.29, 1.82) is 0 Å². The van der Waals surface area contributed by atoms with E-state index in [0.29, 0.717) is 6.20 Å².